The molecular weight excluding hydrogens is 164 g/mol. The number of nitrogens with zero attached hydrogens (tertiary/aromatic N) is 3. The van der Waals surface area contributed by atoms with E-state index in [1.54, 1.807) is 0 Å². The molecule has 0 fully saturated rings. The van der Waals surface area contributed by atoms with E-state index in [-0.39, 0.29) is 6.04 Å². The molecule has 2 rings (SSSR count). The van der Waals surface area contributed by atoms with Crippen molar-refractivity contribution in [3.63, 3.8) is 0 Å². The number of hydrogen-bond acceptors (Lipinski definition) is 3. The van der Waals surface area contributed by atoms with Gasteiger partial charge in [-0.05, 0) is 19.8 Å². The summed E-state index contributed by atoms with van der Waals surface area (Å²) in [6.07, 6.45) is 4.81. The van der Waals surface area contributed by atoms with Crippen molar-refractivity contribution in [1.29, 1.82) is 0 Å². The molecule has 0 unspecified atom stereocenters. The van der Waals surface area contributed by atoms with Crippen LogP contribution in [0, 0.1) is 0 Å². The maximum absolute atomic E-state index is 5.81. The van der Waals surface area contributed by atoms with E-state index in [0.717, 1.165) is 24.6 Å². The molecule has 2 heterocycles. The molecular formula is C9H16N4. The van der Waals surface area contributed by atoms with Gasteiger partial charge in [0.2, 0.25) is 0 Å². The van der Waals surface area contributed by atoms with Gasteiger partial charge in [0.1, 0.15) is 11.6 Å². The summed E-state index contributed by atoms with van der Waals surface area (Å²) in [4.78, 5) is 0. The fraction of sp³-hybridized carbons (Fsp3) is 0.778. The first kappa shape index (κ1) is 8.69. The van der Waals surface area contributed by atoms with Crippen molar-refractivity contribution in [2.45, 2.75) is 45.2 Å². The first-order chi connectivity index (χ1) is 6.29. The Balaban J connectivity index is 2.34. The van der Waals surface area contributed by atoms with Crippen LogP contribution >= 0.6 is 0 Å². The fourth-order valence-corrected chi connectivity index (χ4v) is 1.84. The molecule has 1 aromatic rings. The summed E-state index contributed by atoms with van der Waals surface area (Å²) < 4.78 is 2.19. The lowest BCUT2D eigenvalue weighted by atomic mass is 10.2. The van der Waals surface area contributed by atoms with E-state index in [1.165, 1.54) is 19.3 Å². The van der Waals surface area contributed by atoms with Gasteiger partial charge in [0, 0.05) is 13.0 Å². The van der Waals surface area contributed by atoms with Crippen LogP contribution in [-0.2, 0) is 13.0 Å². The molecule has 72 valence electrons. The van der Waals surface area contributed by atoms with Crippen LogP contribution in [0.4, 0.5) is 0 Å². The van der Waals surface area contributed by atoms with Crippen LogP contribution in [0.3, 0.4) is 0 Å². The Labute approximate surface area is 78.1 Å². The largest absolute Gasteiger partial charge is 0.322 e. The summed E-state index contributed by atoms with van der Waals surface area (Å²) in [5.74, 6) is 2.06. The predicted octanol–water partition coefficient (Wildman–Crippen LogP) is 1.02. The number of hydrogen-bond donors (Lipinski definition) is 1. The van der Waals surface area contributed by atoms with Crippen LogP contribution < -0.4 is 5.73 Å². The average molecular weight is 180 g/mol. The second kappa shape index (κ2) is 3.46. The quantitative estimate of drug-likeness (QED) is 0.702. The highest BCUT2D eigenvalue weighted by Crippen LogP contribution is 2.16. The lowest BCUT2D eigenvalue weighted by molar-refractivity contribution is 0.579. The molecule has 0 saturated heterocycles. The Bertz CT molecular complexity index is 290. The summed E-state index contributed by atoms with van der Waals surface area (Å²) in [6.45, 7) is 3.00. The van der Waals surface area contributed by atoms with E-state index in [4.69, 9.17) is 5.73 Å². The lowest BCUT2D eigenvalue weighted by Crippen LogP contribution is -2.14. The maximum Gasteiger partial charge on any atom is 0.149 e. The molecule has 1 aliphatic rings. The van der Waals surface area contributed by atoms with Gasteiger partial charge in [0.15, 0.2) is 0 Å². The Kier molecular flexibility index (Phi) is 2.31. The molecule has 13 heavy (non-hydrogen) atoms. The van der Waals surface area contributed by atoms with Gasteiger partial charge in [-0.3, -0.25) is 0 Å². The molecule has 2 N–H and O–H groups in total. The summed E-state index contributed by atoms with van der Waals surface area (Å²) in [7, 11) is 0. The number of aromatic nitrogens is 3. The maximum atomic E-state index is 5.81. The monoisotopic (exact) mass is 180 g/mol. The molecule has 0 bridgehead atoms. The van der Waals surface area contributed by atoms with Crippen molar-refractivity contribution in [2.75, 3.05) is 0 Å². The van der Waals surface area contributed by atoms with Crippen LogP contribution in [0.2, 0.25) is 0 Å². The number of rotatable bonds is 1. The third-order valence-electron chi connectivity index (χ3n) is 2.55. The fourth-order valence-electron chi connectivity index (χ4n) is 1.84. The van der Waals surface area contributed by atoms with Gasteiger partial charge >= 0.3 is 0 Å². The van der Waals surface area contributed by atoms with Gasteiger partial charge in [0.05, 0.1) is 6.04 Å². The number of nitrogens with two attached hydrogens (primary N) is 1. The zero-order valence-corrected chi connectivity index (χ0v) is 8.03. The second-order valence-electron chi connectivity index (χ2n) is 3.73. The van der Waals surface area contributed by atoms with Crippen molar-refractivity contribution in [2.24, 2.45) is 5.73 Å². The molecule has 0 aliphatic carbocycles. The number of aryl methyl sites for hydroxylation is 1. The first-order valence-electron chi connectivity index (χ1n) is 4.96. The van der Waals surface area contributed by atoms with Gasteiger partial charge < -0.3 is 10.3 Å². The molecule has 4 nitrogen and oxygen atoms in total. The zero-order chi connectivity index (χ0) is 9.26. The van der Waals surface area contributed by atoms with E-state index in [0.29, 0.717) is 0 Å². The normalized spacial score (nSPS) is 19.2. The van der Waals surface area contributed by atoms with Gasteiger partial charge in [0.25, 0.3) is 0 Å². The van der Waals surface area contributed by atoms with Crippen LogP contribution in [0.25, 0.3) is 0 Å². The van der Waals surface area contributed by atoms with Crippen LogP contribution in [0.15, 0.2) is 0 Å². The standard InChI is InChI=1S/C9H16N4/c1-7(10)9-12-11-8-5-3-2-4-6-13(8)9/h7H,2-6,10H2,1H3/t7-/m0/s1. The highest BCUT2D eigenvalue weighted by Gasteiger charge is 2.16. The minimum Gasteiger partial charge on any atom is -0.322 e. The van der Waals surface area contributed by atoms with E-state index in [9.17, 15) is 0 Å². The van der Waals surface area contributed by atoms with Crippen molar-refractivity contribution in [3.8, 4) is 0 Å². The van der Waals surface area contributed by atoms with E-state index < -0.39 is 0 Å². The minimum atomic E-state index is -0.000602. The molecule has 0 aromatic carbocycles. The van der Waals surface area contributed by atoms with Crippen LogP contribution in [0.5, 0.6) is 0 Å². The summed E-state index contributed by atoms with van der Waals surface area (Å²) in [5.41, 5.74) is 5.81. The highest BCUT2D eigenvalue weighted by atomic mass is 15.3. The van der Waals surface area contributed by atoms with E-state index in [1.807, 2.05) is 6.92 Å². The topological polar surface area (TPSA) is 56.7 Å². The van der Waals surface area contributed by atoms with Gasteiger partial charge in [-0.15, -0.1) is 10.2 Å². The van der Waals surface area contributed by atoms with E-state index >= 15 is 0 Å². The molecule has 1 aromatic heterocycles. The summed E-state index contributed by atoms with van der Waals surface area (Å²) >= 11 is 0. The predicted molar refractivity (Wildman–Crippen MR) is 50.2 cm³/mol. The minimum absolute atomic E-state index is 0.000602. The van der Waals surface area contributed by atoms with Crippen molar-refractivity contribution in [3.05, 3.63) is 11.6 Å². The van der Waals surface area contributed by atoms with Gasteiger partial charge in [-0.25, -0.2) is 0 Å². The van der Waals surface area contributed by atoms with Gasteiger partial charge in [-0.1, -0.05) is 6.42 Å². The molecule has 4 heteroatoms. The molecule has 0 saturated carbocycles. The van der Waals surface area contributed by atoms with Crippen molar-refractivity contribution in [1.82, 2.24) is 14.8 Å². The smallest absolute Gasteiger partial charge is 0.149 e. The average Bonchev–Trinajstić information content (AvgIpc) is 2.36. The summed E-state index contributed by atoms with van der Waals surface area (Å²) in [5, 5.41) is 8.30. The molecule has 0 spiro atoms. The Morgan fingerprint density at radius 1 is 1.31 bits per heavy atom. The summed E-state index contributed by atoms with van der Waals surface area (Å²) in [6, 6.07) is -0.000602. The Morgan fingerprint density at radius 3 is 2.92 bits per heavy atom. The highest BCUT2D eigenvalue weighted by molar-refractivity contribution is 5.00. The first-order valence-corrected chi connectivity index (χ1v) is 4.96. The molecule has 0 amide bonds. The van der Waals surface area contributed by atoms with Crippen molar-refractivity contribution < 1.29 is 0 Å². The molecule has 0 radical (unpaired) electrons. The third-order valence-corrected chi connectivity index (χ3v) is 2.55. The Hall–Kier alpha value is -0.900. The SMILES string of the molecule is C[C@H](N)c1nnc2n1CCCCC2. The number of fused-ring (bicyclic) bond motifs is 1. The third kappa shape index (κ3) is 1.58. The molecule has 1 aliphatic heterocycles. The van der Waals surface area contributed by atoms with Crippen LogP contribution in [-0.4, -0.2) is 14.8 Å². The van der Waals surface area contributed by atoms with Crippen LogP contribution in [0.1, 0.15) is 43.9 Å². The second-order valence-corrected chi connectivity index (χ2v) is 3.73. The lowest BCUT2D eigenvalue weighted by Gasteiger charge is -2.08. The van der Waals surface area contributed by atoms with Gasteiger partial charge in [-0.2, -0.15) is 0 Å². The Morgan fingerprint density at radius 2 is 2.15 bits per heavy atom. The van der Waals surface area contributed by atoms with E-state index in [2.05, 4.69) is 14.8 Å². The zero-order valence-electron chi connectivity index (χ0n) is 8.03. The van der Waals surface area contributed by atoms with Crippen molar-refractivity contribution >= 4 is 0 Å². The molecule has 1 atom stereocenters.